The summed E-state index contributed by atoms with van der Waals surface area (Å²) in [7, 11) is 0. The summed E-state index contributed by atoms with van der Waals surface area (Å²) in [4.78, 5) is 23.3. The van der Waals surface area contributed by atoms with Gasteiger partial charge in [-0.1, -0.05) is 48.5 Å². The molecule has 0 unspecified atom stereocenters. The first kappa shape index (κ1) is 19.2. The molecule has 3 aromatic rings. The monoisotopic (exact) mass is 374 g/mol. The van der Waals surface area contributed by atoms with Gasteiger partial charge in [-0.3, -0.25) is 9.59 Å². The van der Waals surface area contributed by atoms with E-state index in [-0.39, 0.29) is 18.4 Å². The molecule has 5 nitrogen and oxygen atoms in total. The zero-order valence-electron chi connectivity index (χ0n) is 15.6. The van der Waals surface area contributed by atoms with Crippen molar-refractivity contribution in [3.63, 3.8) is 0 Å². The van der Waals surface area contributed by atoms with E-state index in [1.54, 1.807) is 24.3 Å². The third-order valence-electron chi connectivity index (χ3n) is 4.07. The molecule has 0 aliphatic rings. The van der Waals surface area contributed by atoms with Crippen molar-refractivity contribution in [2.75, 3.05) is 17.2 Å². The Bertz CT molecular complexity index is 938. The maximum Gasteiger partial charge on any atom is 0.262 e. The largest absolute Gasteiger partial charge is 0.484 e. The molecular formula is C23H22N2O3. The van der Waals surface area contributed by atoms with Crippen molar-refractivity contribution >= 4 is 23.2 Å². The lowest BCUT2D eigenvalue weighted by atomic mass is 10.0. The van der Waals surface area contributed by atoms with Crippen molar-refractivity contribution in [2.24, 2.45) is 0 Å². The van der Waals surface area contributed by atoms with Crippen molar-refractivity contribution in [1.29, 1.82) is 0 Å². The van der Waals surface area contributed by atoms with Crippen LogP contribution in [0.15, 0.2) is 78.9 Å². The molecule has 0 aliphatic heterocycles. The van der Waals surface area contributed by atoms with Crippen LogP contribution < -0.4 is 15.4 Å². The lowest BCUT2D eigenvalue weighted by Gasteiger charge is -2.12. The second kappa shape index (κ2) is 9.37. The predicted molar refractivity (Wildman–Crippen MR) is 111 cm³/mol. The summed E-state index contributed by atoms with van der Waals surface area (Å²) in [5.41, 5.74) is 3.68. The number of para-hydroxylation sites is 1. The molecule has 0 saturated heterocycles. The Kier molecular flexibility index (Phi) is 6.41. The van der Waals surface area contributed by atoms with Gasteiger partial charge in [0, 0.05) is 18.3 Å². The Labute approximate surface area is 164 Å². The number of anilines is 2. The summed E-state index contributed by atoms with van der Waals surface area (Å²) in [6.45, 7) is 1.35. The van der Waals surface area contributed by atoms with E-state index in [1.807, 2.05) is 42.5 Å². The number of carbonyl (C=O) groups excluding carboxylic acids is 2. The highest BCUT2D eigenvalue weighted by molar-refractivity contribution is 5.92. The second-order valence-corrected chi connectivity index (χ2v) is 6.36. The number of hydrogen-bond donors (Lipinski definition) is 2. The van der Waals surface area contributed by atoms with E-state index in [9.17, 15) is 9.59 Å². The van der Waals surface area contributed by atoms with E-state index in [4.69, 9.17) is 4.74 Å². The van der Waals surface area contributed by atoms with Crippen molar-refractivity contribution in [2.45, 2.75) is 13.3 Å². The Balaban J connectivity index is 1.57. The standard InChI is InChI=1S/C23H22N2O3/c1-17(26)24-20-11-13-21(14-12-20)28-16-23(27)25-22-10-6-5-9-19(22)15-18-7-3-2-4-8-18/h2-14H,15-16H2,1H3,(H,24,26)(H,25,27). The molecule has 0 atom stereocenters. The fraction of sp³-hybridized carbons (Fsp3) is 0.130. The van der Waals surface area contributed by atoms with Crippen molar-refractivity contribution < 1.29 is 14.3 Å². The number of hydrogen-bond acceptors (Lipinski definition) is 3. The van der Waals surface area contributed by atoms with Crippen LogP contribution in [0.4, 0.5) is 11.4 Å². The van der Waals surface area contributed by atoms with Gasteiger partial charge < -0.3 is 15.4 Å². The molecule has 0 heterocycles. The molecule has 0 spiro atoms. The molecule has 5 heteroatoms. The molecule has 0 bridgehead atoms. The lowest BCUT2D eigenvalue weighted by Crippen LogP contribution is -2.21. The quantitative estimate of drug-likeness (QED) is 0.650. The van der Waals surface area contributed by atoms with Crippen LogP contribution in [0.3, 0.4) is 0 Å². The summed E-state index contributed by atoms with van der Waals surface area (Å²) in [5.74, 6) is 0.190. The first-order valence-corrected chi connectivity index (χ1v) is 9.02. The minimum Gasteiger partial charge on any atom is -0.484 e. The average Bonchev–Trinajstić information content (AvgIpc) is 2.69. The van der Waals surface area contributed by atoms with Gasteiger partial charge in [-0.15, -0.1) is 0 Å². The van der Waals surface area contributed by atoms with Gasteiger partial charge in [0.2, 0.25) is 5.91 Å². The molecule has 0 fully saturated rings. The number of benzene rings is 3. The number of nitrogens with one attached hydrogen (secondary N) is 2. The Hall–Kier alpha value is -3.60. The number of amides is 2. The minimum absolute atomic E-state index is 0.0981. The van der Waals surface area contributed by atoms with Crippen molar-refractivity contribution in [3.8, 4) is 5.75 Å². The third kappa shape index (κ3) is 5.71. The van der Waals surface area contributed by atoms with E-state index >= 15 is 0 Å². The smallest absolute Gasteiger partial charge is 0.262 e. The number of rotatable bonds is 7. The maximum absolute atomic E-state index is 12.3. The van der Waals surface area contributed by atoms with Crippen LogP contribution >= 0.6 is 0 Å². The van der Waals surface area contributed by atoms with Gasteiger partial charge in [0.05, 0.1) is 0 Å². The van der Waals surface area contributed by atoms with E-state index in [2.05, 4.69) is 22.8 Å². The van der Waals surface area contributed by atoms with Gasteiger partial charge in [-0.25, -0.2) is 0 Å². The van der Waals surface area contributed by atoms with Crippen molar-refractivity contribution in [3.05, 3.63) is 90.0 Å². The normalized spacial score (nSPS) is 10.2. The van der Waals surface area contributed by atoms with Crippen LogP contribution in [-0.4, -0.2) is 18.4 Å². The number of ether oxygens (including phenoxy) is 1. The molecular weight excluding hydrogens is 352 g/mol. The fourth-order valence-electron chi connectivity index (χ4n) is 2.79. The summed E-state index contributed by atoms with van der Waals surface area (Å²) < 4.78 is 5.53. The van der Waals surface area contributed by atoms with Crippen LogP contribution in [0, 0.1) is 0 Å². The molecule has 2 amide bonds. The highest BCUT2D eigenvalue weighted by atomic mass is 16.5. The third-order valence-corrected chi connectivity index (χ3v) is 4.07. The van der Waals surface area contributed by atoms with Crippen LogP contribution in [0.1, 0.15) is 18.1 Å². The molecule has 3 rings (SSSR count). The average molecular weight is 374 g/mol. The zero-order chi connectivity index (χ0) is 19.8. The zero-order valence-corrected chi connectivity index (χ0v) is 15.6. The van der Waals surface area contributed by atoms with Gasteiger partial charge in [0.1, 0.15) is 5.75 Å². The van der Waals surface area contributed by atoms with Crippen LogP contribution in [0.2, 0.25) is 0 Å². The first-order chi connectivity index (χ1) is 13.6. The van der Waals surface area contributed by atoms with Crippen molar-refractivity contribution in [1.82, 2.24) is 0 Å². The molecule has 142 valence electrons. The highest BCUT2D eigenvalue weighted by Gasteiger charge is 2.08. The molecule has 2 N–H and O–H groups in total. The van der Waals surface area contributed by atoms with Gasteiger partial charge >= 0.3 is 0 Å². The molecule has 28 heavy (non-hydrogen) atoms. The van der Waals surface area contributed by atoms with E-state index in [0.717, 1.165) is 17.7 Å². The fourth-order valence-corrected chi connectivity index (χ4v) is 2.79. The molecule has 3 aromatic carbocycles. The topological polar surface area (TPSA) is 67.4 Å². The van der Waals surface area contributed by atoms with E-state index in [0.29, 0.717) is 11.4 Å². The summed E-state index contributed by atoms with van der Waals surface area (Å²) in [6.07, 6.45) is 0.739. The summed E-state index contributed by atoms with van der Waals surface area (Å²) in [6, 6.07) is 24.7. The predicted octanol–water partition coefficient (Wildman–Crippen LogP) is 4.25. The number of carbonyl (C=O) groups is 2. The second-order valence-electron chi connectivity index (χ2n) is 6.36. The van der Waals surface area contributed by atoms with Gasteiger partial charge in [0.25, 0.3) is 5.91 Å². The Morgan fingerprint density at radius 1 is 0.821 bits per heavy atom. The SMILES string of the molecule is CC(=O)Nc1ccc(OCC(=O)Nc2ccccc2Cc2ccccc2)cc1. The molecule has 0 aliphatic carbocycles. The molecule has 0 radical (unpaired) electrons. The Morgan fingerprint density at radius 3 is 2.21 bits per heavy atom. The van der Waals surface area contributed by atoms with Crippen LogP contribution in [-0.2, 0) is 16.0 Å². The minimum atomic E-state index is -0.230. The van der Waals surface area contributed by atoms with E-state index < -0.39 is 0 Å². The summed E-state index contributed by atoms with van der Waals surface area (Å²) in [5, 5.41) is 5.60. The maximum atomic E-state index is 12.3. The first-order valence-electron chi connectivity index (χ1n) is 9.02. The van der Waals surface area contributed by atoms with Gasteiger partial charge in [0.15, 0.2) is 6.61 Å². The van der Waals surface area contributed by atoms with Crippen LogP contribution in [0.5, 0.6) is 5.75 Å². The van der Waals surface area contributed by atoms with Gasteiger partial charge in [-0.05, 0) is 47.9 Å². The highest BCUT2D eigenvalue weighted by Crippen LogP contribution is 2.20. The summed E-state index contributed by atoms with van der Waals surface area (Å²) >= 11 is 0. The van der Waals surface area contributed by atoms with E-state index in [1.165, 1.54) is 12.5 Å². The lowest BCUT2D eigenvalue weighted by molar-refractivity contribution is -0.118. The van der Waals surface area contributed by atoms with Gasteiger partial charge in [-0.2, -0.15) is 0 Å². The van der Waals surface area contributed by atoms with Crippen LogP contribution in [0.25, 0.3) is 0 Å². The Morgan fingerprint density at radius 2 is 1.50 bits per heavy atom. The molecule has 0 aromatic heterocycles. The molecule has 0 saturated carbocycles.